The molecule has 0 aliphatic carbocycles. The quantitative estimate of drug-likeness (QED) is 0.233. The molecular weight excluding hydrogens is 506 g/mol. The van der Waals surface area contributed by atoms with Crippen molar-refractivity contribution in [3.8, 4) is 0 Å². The number of hydrogen-bond acceptors (Lipinski definition) is 8. The van der Waals surface area contributed by atoms with Gasteiger partial charge in [-0.1, -0.05) is 28.1 Å². The van der Waals surface area contributed by atoms with Gasteiger partial charge in [-0.25, -0.2) is 4.79 Å². The molecule has 2 unspecified atom stereocenters. The van der Waals surface area contributed by atoms with E-state index < -0.39 is 35.8 Å². The average Bonchev–Trinajstić information content (AvgIpc) is 2.79. The lowest BCUT2D eigenvalue weighted by atomic mass is 10.1. The Balaban J connectivity index is 2.68. The van der Waals surface area contributed by atoms with Gasteiger partial charge in [0.05, 0.1) is 14.2 Å². The van der Waals surface area contributed by atoms with Crippen molar-refractivity contribution < 1.29 is 33.4 Å². The molecule has 0 aliphatic heterocycles. The van der Waals surface area contributed by atoms with Gasteiger partial charge in [0, 0.05) is 22.4 Å². The Morgan fingerprint density at radius 2 is 1.78 bits per heavy atom. The summed E-state index contributed by atoms with van der Waals surface area (Å²) in [5.74, 6) is -1.47. The van der Waals surface area contributed by atoms with Gasteiger partial charge in [-0.3, -0.25) is 19.2 Å². The van der Waals surface area contributed by atoms with Gasteiger partial charge in [-0.05, 0) is 24.1 Å². The summed E-state index contributed by atoms with van der Waals surface area (Å²) >= 11 is 4.80. The maximum Gasteiger partial charge on any atom is 0.328 e. The molecule has 0 aromatic heterocycles. The molecule has 1 aromatic carbocycles. The predicted octanol–water partition coefficient (Wildman–Crippen LogP) is 0.524. The topological polar surface area (TPSA) is 140 Å². The molecule has 0 fully saturated rings. The monoisotopic (exact) mass is 531 g/mol. The summed E-state index contributed by atoms with van der Waals surface area (Å²) in [6, 6.07) is 5.81. The lowest BCUT2D eigenvalue weighted by Crippen LogP contribution is -2.49. The zero-order valence-corrected chi connectivity index (χ0v) is 20.1. The number of rotatable bonds is 14. The highest BCUT2D eigenvalue weighted by Crippen LogP contribution is 2.16. The number of thioether (sulfide) groups is 1. The first-order chi connectivity index (χ1) is 15.3. The minimum Gasteiger partial charge on any atom is -0.468 e. The molecule has 1 rings (SSSR count). The van der Waals surface area contributed by atoms with Gasteiger partial charge in [0.15, 0.2) is 0 Å². The summed E-state index contributed by atoms with van der Waals surface area (Å²) < 4.78 is 10.0. The van der Waals surface area contributed by atoms with Crippen LogP contribution in [0.25, 0.3) is 0 Å². The van der Waals surface area contributed by atoms with E-state index in [0.29, 0.717) is 12.2 Å². The van der Waals surface area contributed by atoms with Crippen LogP contribution in [0.1, 0.15) is 18.4 Å². The first-order valence-corrected chi connectivity index (χ1v) is 11.5. The van der Waals surface area contributed by atoms with Crippen molar-refractivity contribution in [1.82, 2.24) is 16.0 Å². The Kier molecular flexibility index (Phi) is 13.1. The molecule has 2 atom stereocenters. The standard InChI is InChI=1S/C20H26BrN3O7S/c1-30-18(27)9-22-19(28)16(11-32-10-13-3-5-14(21)6-4-13)24-17(26)8-7-15(23-12-25)20(29)31-2/h3-6,12,15-16H,7-11H2,1-2H3,(H,22,28)(H,23,25)(H,24,26). The number of amides is 3. The third kappa shape index (κ3) is 10.6. The number of halogens is 1. The fourth-order valence-corrected chi connectivity index (χ4v) is 3.73. The van der Waals surface area contributed by atoms with Crippen LogP contribution in [0.2, 0.25) is 0 Å². The molecule has 3 amide bonds. The number of carbonyl (C=O) groups is 5. The van der Waals surface area contributed by atoms with E-state index in [1.165, 1.54) is 26.0 Å². The number of hydrogen-bond donors (Lipinski definition) is 3. The van der Waals surface area contributed by atoms with Crippen molar-refractivity contribution >= 4 is 57.9 Å². The second-order valence-electron chi connectivity index (χ2n) is 6.45. The van der Waals surface area contributed by atoms with E-state index in [-0.39, 0.29) is 25.1 Å². The van der Waals surface area contributed by atoms with Crippen LogP contribution in [0, 0.1) is 0 Å². The highest BCUT2D eigenvalue weighted by Gasteiger charge is 2.24. The average molecular weight is 532 g/mol. The summed E-state index contributed by atoms with van der Waals surface area (Å²) in [7, 11) is 2.37. The van der Waals surface area contributed by atoms with E-state index in [0.717, 1.165) is 10.0 Å². The van der Waals surface area contributed by atoms with Crippen LogP contribution >= 0.6 is 27.7 Å². The van der Waals surface area contributed by atoms with E-state index in [4.69, 9.17) is 0 Å². The van der Waals surface area contributed by atoms with Crippen LogP contribution in [0.4, 0.5) is 0 Å². The summed E-state index contributed by atoms with van der Waals surface area (Å²) in [5, 5.41) is 7.32. The van der Waals surface area contributed by atoms with Crippen molar-refractivity contribution in [2.24, 2.45) is 0 Å². The molecule has 0 saturated heterocycles. The Morgan fingerprint density at radius 3 is 2.38 bits per heavy atom. The number of esters is 2. The molecule has 176 valence electrons. The molecule has 0 saturated carbocycles. The van der Waals surface area contributed by atoms with Gasteiger partial charge < -0.3 is 25.4 Å². The summed E-state index contributed by atoms with van der Waals surface area (Å²) in [4.78, 5) is 58.4. The van der Waals surface area contributed by atoms with Crippen LogP contribution in [-0.2, 0) is 39.2 Å². The molecule has 0 bridgehead atoms. The predicted molar refractivity (Wildman–Crippen MR) is 121 cm³/mol. The van der Waals surface area contributed by atoms with Gasteiger partial charge in [0.25, 0.3) is 0 Å². The first-order valence-electron chi connectivity index (χ1n) is 9.54. The zero-order valence-electron chi connectivity index (χ0n) is 17.7. The largest absolute Gasteiger partial charge is 0.468 e. The van der Waals surface area contributed by atoms with Gasteiger partial charge in [-0.15, -0.1) is 0 Å². The molecule has 0 spiro atoms. The summed E-state index contributed by atoms with van der Waals surface area (Å²) in [6.07, 6.45) is 0.222. The van der Waals surface area contributed by atoms with Crippen molar-refractivity contribution in [3.05, 3.63) is 34.3 Å². The molecule has 32 heavy (non-hydrogen) atoms. The number of methoxy groups -OCH3 is 2. The van der Waals surface area contributed by atoms with E-state index >= 15 is 0 Å². The van der Waals surface area contributed by atoms with Crippen LogP contribution in [0.5, 0.6) is 0 Å². The molecule has 0 aliphatic rings. The lowest BCUT2D eigenvalue weighted by molar-refractivity contribution is -0.144. The molecule has 12 heteroatoms. The highest BCUT2D eigenvalue weighted by molar-refractivity contribution is 9.10. The van der Waals surface area contributed by atoms with Crippen LogP contribution in [-0.4, -0.2) is 68.8 Å². The molecule has 1 aromatic rings. The molecule has 0 heterocycles. The van der Waals surface area contributed by atoms with Crippen molar-refractivity contribution in [3.63, 3.8) is 0 Å². The van der Waals surface area contributed by atoms with Crippen molar-refractivity contribution in [2.45, 2.75) is 30.7 Å². The summed E-state index contributed by atoms with van der Waals surface area (Å²) in [6.45, 7) is -0.327. The van der Waals surface area contributed by atoms with E-state index in [1.807, 2.05) is 24.3 Å². The Hall–Kier alpha value is -2.60. The van der Waals surface area contributed by atoms with Crippen LogP contribution in [0.3, 0.4) is 0 Å². The minimum atomic E-state index is -0.971. The molecule has 3 N–H and O–H groups in total. The number of benzene rings is 1. The molecular formula is C20H26BrN3O7S. The fourth-order valence-electron chi connectivity index (χ4n) is 2.45. The van der Waals surface area contributed by atoms with E-state index in [1.54, 1.807) is 0 Å². The third-order valence-corrected chi connectivity index (χ3v) is 5.80. The molecule has 10 nitrogen and oxygen atoms in total. The lowest BCUT2D eigenvalue weighted by Gasteiger charge is -2.19. The minimum absolute atomic E-state index is 0.000216. The van der Waals surface area contributed by atoms with Crippen molar-refractivity contribution in [1.29, 1.82) is 0 Å². The Morgan fingerprint density at radius 1 is 1.09 bits per heavy atom. The number of nitrogens with one attached hydrogen (secondary N) is 3. The zero-order chi connectivity index (χ0) is 23.9. The van der Waals surface area contributed by atoms with Crippen LogP contribution < -0.4 is 16.0 Å². The van der Waals surface area contributed by atoms with Gasteiger partial charge in [0.2, 0.25) is 18.2 Å². The fraction of sp³-hybridized carbons (Fsp3) is 0.450. The maximum absolute atomic E-state index is 12.5. The van der Waals surface area contributed by atoms with Crippen LogP contribution in [0.15, 0.2) is 28.7 Å². The third-order valence-electron chi connectivity index (χ3n) is 4.17. The second-order valence-corrected chi connectivity index (χ2v) is 8.40. The number of carbonyl (C=O) groups excluding carboxylic acids is 5. The number of ether oxygens (including phenoxy) is 2. The van der Waals surface area contributed by atoms with E-state index in [2.05, 4.69) is 41.4 Å². The smallest absolute Gasteiger partial charge is 0.328 e. The van der Waals surface area contributed by atoms with Gasteiger partial charge in [0.1, 0.15) is 18.6 Å². The normalized spacial score (nSPS) is 12.1. The SMILES string of the molecule is COC(=O)CNC(=O)C(CSCc1ccc(Br)cc1)NC(=O)CCC(NC=O)C(=O)OC. The highest BCUT2D eigenvalue weighted by atomic mass is 79.9. The molecule has 0 radical (unpaired) electrons. The van der Waals surface area contributed by atoms with Gasteiger partial charge in [-0.2, -0.15) is 11.8 Å². The maximum atomic E-state index is 12.5. The first kappa shape index (κ1) is 27.4. The van der Waals surface area contributed by atoms with Crippen molar-refractivity contribution in [2.75, 3.05) is 26.5 Å². The Bertz CT molecular complexity index is 792. The van der Waals surface area contributed by atoms with E-state index in [9.17, 15) is 24.0 Å². The Labute approximate surface area is 198 Å². The summed E-state index contributed by atoms with van der Waals surface area (Å²) in [5.41, 5.74) is 1.04. The van der Waals surface area contributed by atoms with Gasteiger partial charge >= 0.3 is 11.9 Å². The second kappa shape index (κ2) is 15.2.